The van der Waals surface area contributed by atoms with E-state index in [4.69, 9.17) is 0 Å². The molecular formula is C20H18F2N4O2. The molecule has 28 heavy (non-hydrogen) atoms. The number of rotatable bonds is 6. The molecule has 3 aromatic rings. The van der Waals surface area contributed by atoms with Crippen molar-refractivity contribution in [3.8, 4) is 0 Å². The van der Waals surface area contributed by atoms with E-state index in [2.05, 4.69) is 15.7 Å². The standard InChI is InChI=1S/C20H18F2N4O2/c1-2-18(20(28)24-16-9-5-14(22)6-10-16)26-12-11-17(25-26)19(27)23-15-7-3-13(21)4-8-15/h3-12,18H,2H2,1H3,(H,23,27)(H,24,28). The van der Waals surface area contributed by atoms with Gasteiger partial charge >= 0.3 is 0 Å². The Kier molecular flexibility index (Phi) is 5.78. The van der Waals surface area contributed by atoms with E-state index in [9.17, 15) is 18.4 Å². The van der Waals surface area contributed by atoms with Crippen molar-refractivity contribution in [2.24, 2.45) is 0 Å². The molecule has 2 N–H and O–H groups in total. The Bertz CT molecular complexity index is 969. The lowest BCUT2D eigenvalue weighted by molar-refractivity contribution is -0.119. The van der Waals surface area contributed by atoms with Gasteiger partial charge < -0.3 is 10.6 Å². The third kappa shape index (κ3) is 4.59. The second-order valence-electron chi connectivity index (χ2n) is 6.06. The molecule has 0 fully saturated rings. The SMILES string of the molecule is CCC(C(=O)Nc1ccc(F)cc1)n1ccc(C(=O)Nc2ccc(F)cc2)n1. The summed E-state index contributed by atoms with van der Waals surface area (Å²) < 4.78 is 27.3. The van der Waals surface area contributed by atoms with Crippen molar-refractivity contribution in [3.63, 3.8) is 0 Å². The molecule has 0 bridgehead atoms. The van der Waals surface area contributed by atoms with Crippen LogP contribution in [0.15, 0.2) is 60.8 Å². The number of hydrogen-bond donors (Lipinski definition) is 2. The lowest BCUT2D eigenvalue weighted by Crippen LogP contribution is -2.26. The predicted octanol–water partition coefficient (Wildman–Crippen LogP) is 4.00. The highest BCUT2D eigenvalue weighted by Crippen LogP contribution is 2.17. The fourth-order valence-electron chi connectivity index (χ4n) is 2.61. The highest BCUT2D eigenvalue weighted by Gasteiger charge is 2.21. The molecule has 3 rings (SSSR count). The molecule has 1 aromatic heterocycles. The van der Waals surface area contributed by atoms with Crippen molar-refractivity contribution >= 4 is 23.2 Å². The first kappa shape index (κ1) is 19.2. The number of carbonyl (C=O) groups is 2. The van der Waals surface area contributed by atoms with Crippen molar-refractivity contribution in [1.82, 2.24) is 9.78 Å². The Morgan fingerprint density at radius 2 is 1.46 bits per heavy atom. The molecule has 2 aromatic carbocycles. The van der Waals surface area contributed by atoms with Crippen LogP contribution in [0, 0.1) is 11.6 Å². The topological polar surface area (TPSA) is 76.0 Å². The molecule has 1 heterocycles. The second kappa shape index (κ2) is 8.43. The number of aromatic nitrogens is 2. The molecule has 1 unspecified atom stereocenters. The monoisotopic (exact) mass is 384 g/mol. The molecule has 1 atom stereocenters. The Labute approximate surface area is 160 Å². The average molecular weight is 384 g/mol. The molecule has 0 saturated carbocycles. The van der Waals surface area contributed by atoms with Gasteiger partial charge in [0.2, 0.25) is 5.91 Å². The van der Waals surface area contributed by atoms with Gasteiger partial charge in [0.1, 0.15) is 17.7 Å². The van der Waals surface area contributed by atoms with E-state index >= 15 is 0 Å². The highest BCUT2D eigenvalue weighted by atomic mass is 19.1. The molecule has 0 aliphatic heterocycles. The van der Waals surface area contributed by atoms with Gasteiger partial charge in [-0.1, -0.05) is 6.92 Å². The van der Waals surface area contributed by atoms with Crippen LogP contribution in [-0.4, -0.2) is 21.6 Å². The number of anilines is 2. The van der Waals surface area contributed by atoms with Crippen molar-refractivity contribution in [1.29, 1.82) is 0 Å². The molecule has 8 heteroatoms. The average Bonchev–Trinajstić information content (AvgIpc) is 3.16. The fraction of sp³-hybridized carbons (Fsp3) is 0.150. The minimum Gasteiger partial charge on any atom is -0.324 e. The zero-order valence-electron chi connectivity index (χ0n) is 15.0. The van der Waals surface area contributed by atoms with E-state index in [0.29, 0.717) is 17.8 Å². The minimum atomic E-state index is -0.641. The maximum Gasteiger partial charge on any atom is 0.276 e. The minimum absolute atomic E-state index is 0.123. The molecule has 0 aliphatic rings. The molecule has 0 radical (unpaired) electrons. The van der Waals surface area contributed by atoms with Gasteiger partial charge in [-0.2, -0.15) is 5.10 Å². The van der Waals surface area contributed by atoms with Crippen LogP contribution in [0.1, 0.15) is 29.9 Å². The summed E-state index contributed by atoms with van der Waals surface area (Å²) in [6.07, 6.45) is 1.98. The van der Waals surface area contributed by atoms with Gasteiger partial charge in [-0.15, -0.1) is 0 Å². The number of carbonyl (C=O) groups excluding carboxylic acids is 2. The summed E-state index contributed by atoms with van der Waals surface area (Å²) in [5.41, 5.74) is 1.02. The predicted molar refractivity (Wildman–Crippen MR) is 101 cm³/mol. The fourth-order valence-corrected chi connectivity index (χ4v) is 2.61. The van der Waals surface area contributed by atoms with E-state index in [0.717, 1.165) is 0 Å². The molecule has 0 spiro atoms. The van der Waals surface area contributed by atoms with Gasteiger partial charge in [0.25, 0.3) is 5.91 Å². The zero-order chi connectivity index (χ0) is 20.1. The van der Waals surface area contributed by atoms with Crippen molar-refractivity contribution < 1.29 is 18.4 Å². The van der Waals surface area contributed by atoms with E-state index in [1.165, 1.54) is 65.5 Å². The Hall–Kier alpha value is -3.55. The second-order valence-corrected chi connectivity index (χ2v) is 6.06. The number of hydrogen-bond acceptors (Lipinski definition) is 3. The third-order valence-corrected chi connectivity index (χ3v) is 4.06. The van der Waals surface area contributed by atoms with Gasteiger partial charge in [0.05, 0.1) is 0 Å². The van der Waals surface area contributed by atoms with Crippen molar-refractivity contribution in [2.45, 2.75) is 19.4 Å². The van der Waals surface area contributed by atoms with Crippen LogP contribution in [0.25, 0.3) is 0 Å². The first-order valence-electron chi connectivity index (χ1n) is 8.64. The maximum atomic E-state index is 13.0. The van der Waals surface area contributed by atoms with Crippen LogP contribution in [0.4, 0.5) is 20.2 Å². The summed E-state index contributed by atoms with van der Waals surface area (Å²) in [5.74, 6) is -1.60. The highest BCUT2D eigenvalue weighted by molar-refractivity contribution is 6.02. The quantitative estimate of drug-likeness (QED) is 0.674. The Morgan fingerprint density at radius 3 is 2.00 bits per heavy atom. The van der Waals surface area contributed by atoms with Crippen LogP contribution in [0.2, 0.25) is 0 Å². The summed E-state index contributed by atoms with van der Waals surface area (Å²) in [6.45, 7) is 1.81. The summed E-state index contributed by atoms with van der Waals surface area (Å²) >= 11 is 0. The number of nitrogens with zero attached hydrogens (tertiary/aromatic N) is 2. The van der Waals surface area contributed by atoms with Gasteiger partial charge in [-0.25, -0.2) is 8.78 Å². The van der Waals surface area contributed by atoms with E-state index in [-0.39, 0.29) is 11.6 Å². The first-order valence-corrected chi connectivity index (χ1v) is 8.64. The molecular weight excluding hydrogens is 366 g/mol. The molecule has 0 aliphatic carbocycles. The number of halogens is 2. The van der Waals surface area contributed by atoms with E-state index in [1.54, 1.807) is 0 Å². The maximum absolute atomic E-state index is 13.0. The molecule has 0 saturated heterocycles. The summed E-state index contributed by atoms with van der Waals surface area (Å²) in [7, 11) is 0. The summed E-state index contributed by atoms with van der Waals surface area (Å²) in [6, 6.07) is 11.6. The molecule has 2 amide bonds. The van der Waals surface area contributed by atoms with Crippen molar-refractivity contribution in [3.05, 3.63) is 78.1 Å². The van der Waals surface area contributed by atoms with Crippen molar-refractivity contribution in [2.75, 3.05) is 10.6 Å². The van der Waals surface area contributed by atoms with Crippen LogP contribution < -0.4 is 10.6 Å². The summed E-state index contributed by atoms with van der Waals surface area (Å²) in [4.78, 5) is 24.8. The van der Waals surface area contributed by atoms with Crippen LogP contribution in [0.5, 0.6) is 0 Å². The molecule has 6 nitrogen and oxygen atoms in total. The number of amides is 2. The molecule has 144 valence electrons. The van der Waals surface area contributed by atoms with Crippen LogP contribution in [0.3, 0.4) is 0 Å². The number of benzene rings is 2. The zero-order valence-corrected chi connectivity index (χ0v) is 15.0. The lowest BCUT2D eigenvalue weighted by Gasteiger charge is -2.15. The van der Waals surface area contributed by atoms with Gasteiger partial charge in [-0.3, -0.25) is 14.3 Å². The van der Waals surface area contributed by atoms with E-state index < -0.39 is 23.6 Å². The Balaban J connectivity index is 1.69. The smallest absolute Gasteiger partial charge is 0.276 e. The van der Waals surface area contributed by atoms with Crippen LogP contribution >= 0.6 is 0 Å². The van der Waals surface area contributed by atoms with Gasteiger partial charge in [0.15, 0.2) is 5.69 Å². The summed E-state index contributed by atoms with van der Waals surface area (Å²) in [5, 5.41) is 9.49. The van der Waals surface area contributed by atoms with Gasteiger partial charge in [-0.05, 0) is 61.0 Å². The first-order chi connectivity index (χ1) is 13.5. The van der Waals surface area contributed by atoms with E-state index in [1.807, 2.05) is 6.92 Å². The largest absolute Gasteiger partial charge is 0.324 e. The van der Waals surface area contributed by atoms with Crippen LogP contribution in [-0.2, 0) is 4.79 Å². The Morgan fingerprint density at radius 1 is 0.929 bits per heavy atom. The number of nitrogens with one attached hydrogen (secondary N) is 2. The lowest BCUT2D eigenvalue weighted by atomic mass is 10.2. The third-order valence-electron chi connectivity index (χ3n) is 4.06. The van der Waals surface area contributed by atoms with Gasteiger partial charge in [0, 0.05) is 17.6 Å². The normalized spacial score (nSPS) is 11.7.